The van der Waals surface area contributed by atoms with E-state index in [1.165, 1.54) is 18.3 Å². The molecule has 0 saturated heterocycles. The lowest BCUT2D eigenvalue weighted by Crippen LogP contribution is -2.39. The van der Waals surface area contributed by atoms with Crippen molar-refractivity contribution in [3.8, 4) is 17.1 Å². The number of amides is 1. The second-order valence-electron chi connectivity index (χ2n) is 7.35. The SMILES string of the molecule is O=C(N[C@H]1CCC[C@@H]1O)c1ccc(OCc2c(-c3ccc(F)cc3)noc2CO)nc1. The zero-order valence-electron chi connectivity index (χ0n) is 16.6. The summed E-state index contributed by atoms with van der Waals surface area (Å²) in [5.74, 6) is -0.161. The van der Waals surface area contributed by atoms with Crippen molar-refractivity contribution in [2.24, 2.45) is 0 Å². The molecular formula is C22H22FN3O5. The van der Waals surface area contributed by atoms with E-state index >= 15 is 0 Å². The molecule has 31 heavy (non-hydrogen) atoms. The van der Waals surface area contributed by atoms with Crippen LogP contribution in [0.2, 0.25) is 0 Å². The molecule has 1 aliphatic carbocycles. The van der Waals surface area contributed by atoms with Crippen LogP contribution in [0.3, 0.4) is 0 Å². The fourth-order valence-corrected chi connectivity index (χ4v) is 3.56. The molecule has 0 bridgehead atoms. The van der Waals surface area contributed by atoms with Crippen LogP contribution in [0.1, 0.15) is 40.9 Å². The highest BCUT2D eigenvalue weighted by Gasteiger charge is 2.27. The van der Waals surface area contributed by atoms with Crippen LogP contribution >= 0.6 is 0 Å². The minimum Gasteiger partial charge on any atom is -0.473 e. The number of aromatic nitrogens is 2. The van der Waals surface area contributed by atoms with Gasteiger partial charge in [0.05, 0.1) is 23.3 Å². The quantitative estimate of drug-likeness (QED) is 0.530. The fraction of sp³-hybridized carbons (Fsp3) is 0.318. The summed E-state index contributed by atoms with van der Waals surface area (Å²) >= 11 is 0. The van der Waals surface area contributed by atoms with E-state index < -0.39 is 6.10 Å². The van der Waals surface area contributed by atoms with Gasteiger partial charge in [0.1, 0.15) is 24.7 Å². The Morgan fingerprint density at radius 2 is 2.03 bits per heavy atom. The summed E-state index contributed by atoms with van der Waals surface area (Å²) in [4.78, 5) is 16.5. The number of halogens is 1. The van der Waals surface area contributed by atoms with Gasteiger partial charge in [0.25, 0.3) is 5.91 Å². The van der Waals surface area contributed by atoms with E-state index in [1.54, 1.807) is 24.3 Å². The maximum atomic E-state index is 13.2. The molecule has 0 aliphatic heterocycles. The molecule has 1 fully saturated rings. The summed E-state index contributed by atoms with van der Waals surface area (Å²) < 4.78 is 24.1. The van der Waals surface area contributed by atoms with Crippen LogP contribution in [-0.2, 0) is 13.2 Å². The zero-order valence-corrected chi connectivity index (χ0v) is 16.6. The Labute approximate surface area is 177 Å². The minimum atomic E-state index is -0.515. The Kier molecular flexibility index (Phi) is 6.24. The van der Waals surface area contributed by atoms with Gasteiger partial charge in [0.15, 0.2) is 5.76 Å². The number of pyridine rings is 1. The van der Waals surface area contributed by atoms with Crippen molar-refractivity contribution < 1.29 is 28.7 Å². The van der Waals surface area contributed by atoms with Gasteiger partial charge in [-0.2, -0.15) is 0 Å². The molecule has 0 unspecified atom stereocenters. The summed E-state index contributed by atoms with van der Waals surface area (Å²) in [5, 5.41) is 26.2. The summed E-state index contributed by atoms with van der Waals surface area (Å²) in [6.07, 6.45) is 3.21. The van der Waals surface area contributed by atoms with Crippen molar-refractivity contribution in [1.82, 2.24) is 15.5 Å². The normalized spacial score (nSPS) is 18.2. The third-order valence-electron chi connectivity index (χ3n) is 5.29. The number of nitrogens with one attached hydrogen (secondary N) is 1. The number of benzene rings is 1. The Hall–Kier alpha value is -3.30. The predicted octanol–water partition coefficient (Wildman–Crippen LogP) is 2.59. The monoisotopic (exact) mass is 427 g/mol. The van der Waals surface area contributed by atoms with E-state index in [1.807, 2.05) is 0 Å². The van der Waals surface area contributed by atoms with Gasteiger partial charge in [0, 0.05) is 17.8 Å². The first-order valence-electron chi connectivity index (χ1n) is 9.97. The van der Waals surface area contributed by atoms with Crippen LogP contribution in [0.15, 0.2) is 47.1 Å². The number of nitrogens with zero attached hydrogens (tertiary/aromatic N) is 2. The van der Waals surface area contributed by atoms with Gasteiger partial charge in [-0.1, -0.05) is 5.16 Å². The first kappa shape index (κ1) is 21.0. The van der Waals surface area contributed by atoms with E-state index in [9.17, 15) is 19.4 Å². The summed E-state index contributed by atoms with van der Waals surface area (Å²) in [7, 11) is 0. The Balaban J connectivity index is 1.43. The summed E-state index contributed by atoms with van der Waals surface area (Å²) in [6, 6.07) is 8.64. The van der Waals surface area contributed by atoms with Crippen molar-refractivity contribution in [2.45, 2.75) is 44.6 Å². The third kappa shape index (κ3) is 4.73. The third-order valence-corrected chi connectivity index (χ3v) is 5.29. The Bertz CT molecular complexity index is 1040. The maximum Gasteiger partial charge on any atom is 0.253 e. The molecule has 0 radical (unpaired) electrons. The lowest BCUT2D eigenvalue weighted by Gasteiger charge is -2.16. The Morgan fingerprint density at radius 3 is 2.68 bits per heavy atom. The van der Waals surface area contributed by atoms with E-state index in [2.05, 4.69) is 15.5 Å². The van der Waals surface area contributed by atoms with Gasteiger partial charge >= 0.3 is 0 Å². The van der Waals surface area contributed by atoms with Crippen molar-refractivity contribution in [1.29, 1.82) is 0 Å². The highest BCUT2D eigenvalue weighted by atomic mass is 19.1. The second kappa shape index (κ2) is 9.23. The number of hydrogen-bond acceptors (Lipinski definition) is 7. The standard InChI is InChI=1S/C22H22FN3O5/c23-15-7-4-13(5-8-15)21-16(19(11-27)31-26-21)12-30-20-9-6-14(10-24-20)22(29)25-17-2-1-3-18(17)28/h4-10,17-18,27-28H,1-3,11-12H2,(H,25,29)/t17-,18-/m0/s1. The molecule has 9 heteroatoms. The van der Waals surface area contributed by atoms with E-state index in [-0.39, 0.29) is 42.6 Å². The van der Waals surface area contributed by atoms with Crippen LogP contribution in [0.4, 0.5) is 4.39 Å². The molecule has 2 aromatic heterocycles. The second-order valence-corrected chi connectivity index (χ2v) is 7.35. The molecule has 1 aromatic carbocycles. The number of carbonyl (C=O) groups is 1. The predicted molar refractivity (Wildman–Crippen MR) is 108 cm³/mol. The van der Waals surface area contributed by atoms with Crippen LogP contribution in [0.25, 0.3) is 11.3 Å². The average Bonchev–Trinajstić information content (AvgIpc) is 3.38. The largest absolute Gasteiger partial charge is 0.473 e. The van der Waals surface area contributed by atoms with Crippen LogP contribution < -0.4 is 10.1 Å². The number of carbonyl (C=O) groups excluding carboxylic acids is 1. The number of aliphatic hydroxyl groups is 2. The van der Waals surface area contributed by atoms with Gasteiger partial charge in [-0.05, 0) is 49.6 Å². The molecule has 1 aliphatic rings. The van der Waals surface area contributed by atoms with Gasteiger partial charge in [0.2, 0.25) is 5.88 Å². The Morgan fingerprint density at radius 1 is 1.23 bits per heavy atom. The highest BCUT2D eigenvalue weighted by Crippen LogP contribution is 2.27. The smallest absolute Gasteiger partial charge is 0.253 e. The molecular weight excluding hydrogens is 405 g/mol. The molecule has 2 atom stereocenters. The molecule has 1 saturated carbocycles. The number of hydrogen-bond donors (Lipinski definition) is 3. The topological polar surface area (TPSA) is 118 Å². The first-order valence-corrected chi connectivity index (χ1v) is 9.97. The van der Waals surface area contributed by atoms with Crippen LogP contribution in [0, 0.1) is 5.82 Å². The van der Waals surface area contributed by atoms with Crippen LogP contribution in [-0.4, -0.2) is 38.4 Å². The summed E-state index contributed by atoms with van der Waals surface area (Å²) in [5.41, 5.74) is 1.94. The van der Waals surface area contributed by atoms with Gasteiger partial charge in [-0.3, -0.25) is 4.79 Å². The van der Waals surface area contributed by atoms with Crippen molar-refractivity contribution >= 4 is 5.91 Å². The summed E-state index contributed by atoms with van der Waals surface area (Å²) in [6.45, 7) is -0.356. The van der Waals surface area contributed by atoms with E-state index in [0.29, 0.717) is 28.8 Å². The molecule has 8 nitrogen and oxygen atoms in total. The number of rotatable bonds is 7. The molecule has 2 heterocycles. The van der Waals surface area contributed by atoms with E-state index in [4.69, 9.17) is 9.26 Å². The lowest BCUT2D eigenvalue weighted by atomic mass is 10.1. The molecule has 162 valence electrons. The molecule has 3 N–H and O–H groups in total. The van der Waals surface area contributed by atoms with Gasteiger partial charge in [-0.15, -0.1) is 0 Å². The maximum absolute atomic E-state index is 13.2. The lowest BCUT2D eigenvalue weighted by molar-refractivity contribution is 0.0873. The van der Waals surface area contributed by atoms with Gasteiger partial charge < -0.3 is 24.8 Å². The number of aliphatic hydroxyl groups excluding tert-OH is 2. The van der Waals surface area contributed by atoms with Crippen molar-refractivity contribution in [3.63, 3.8) is 0 Å². The molecule has 0 spiro atoms. The molecule has 3 aromatic rings. The molecule has 4 rings (SSSR count). The average molecular weight is 427 g/mol. The van der Waals surface area contributed by atoms with Crippen molar-refractivity contribution in [2.75, 3.05) is 0 Å². The fourth-order valence-electron chi connectivity index (χ4n) is 3.56. The minimum absolute atomic E-state index is 0.0128. The van der Waals surface area contributed by atoms with Crippen LogP contribution in [0.5, 0.6) is 5.88 Å². The number of ether oxygens (including phenoxy) is 1. The first-order chi connectivity index (χ1) is 15.0. The zero-order chi connectivity index (χ0) is 21.8. The highest BCUT2D eigenvalue weighted by molar-refractivity contribution is 5.94. The van der Waals surface area contributed by atoms with E-state index in [0.717, 1.165) is 12.8 Å². The van der Waals surface area contributed by atoms with Gasteiger partial charge in [-0.25, -0.2) is 9.37 Å². The molecule has 1 amide bonds. The van der Waals surface area contributed by atoms with Crippen molar-refractivity contribution in [3.05, 3.63) is 65.3 Å².